The normalized spacial score (nSPS) is 21.2. The molecular weight excluding hydrogens is 420 g/mol. The van der Waals surface area contributed by atoms with Crippen LogP contribution >= 0.6 is 0 Å². The fraction of sp³-hybridized carbons (Fsp3) is 0.640. The first-order valence-electron chi connectivity index (χ1n) is 12.2. The van der Waals surface area contributed by atoms with E-state index in [4.69, 9.17) is 4.74 Å². The predicted molar refractivity (Wildman–Crippen MR) is 125 cm³/mol. The Morgan fingerprint density at radius 3 is 2.03 bits per heavy atom. The fourth-order valence-electron chi connectivity index (χ4n) is 5.55. The molecule has 1 aromatic rings. The van der Waals surface area contributed by atoms with E-state index in [-0.39, 0.29) is 23.8 Å². The van der Waals surface area contributed by atoms with Crippen molar-refractivity contribution in [3.8, 4) is 5.75 Å². The molecule has 0 bridgehead atoms. The van der Waals surface area contributed by atoms with Crippen molar-refractivity contribution in [3.63, 3.8) is 0 Å². The molecule has 8 nitrogen and oxygen atoms in total. The minimum Gasteiger partial charge on any atom is -0.496 e. The lowest BCUT2D eigenvalue weighted by atomic mass is 9.94. The molecule has 1 aromatic carbocycles. The molecule has 3 fully saturated rings. The van der Waals surface area contributed by atoms with Gasteiger partial charge in [0.2, 0.25) is 11.8 Å². The van der Waals surface area contributed by atoms with Crippen LogP contribution in [0.15, 0.2) is 24.3 Å². The minimum absolute atomic E-state index is 0.0174. The quantitative estimate of drug-likeness (QED) is 0.674. The smallest absolute Gasteiger partial charge is 0.257 e. The van der Waals surface area contributed by atoms with Crippen molar-refractivity contribution in [2.45, 2.75) is 38.6 Å². The third-order valence-electron chi connectivity index (χ3n) is 7.47. The molecule has 2 saturated heterocycles. The summed E-state index contributed by atoms with van der Waals surface area (Å²) in [6.07, 6.45) is 4.53. The lowest BCUT2D eigenvalue weighted by molar-refractivity contribution is -0.144. The zero-order valence-corrected chi connectivity index (χ0v) is 19.9. The van der Waals surface area contributed by atoms with Gasteiger partial charge in [0.25, 0.3) is 5.91 Å². The molecule has 1 atom stereocenters. The zero-order chi connectivity index (χ0) is 23.4. The second kappa shape index (κ2) is 10.5. The number of methoxy groups -OCH3 is 1. The summed E-state index contributed by atoms with van der Waals surface area (Å²) in [5.41, 5.74) is 0.584. The average molecular weight is 457 g/mol. The van der Waals surface area contributed by atoms with E-state index in [1.165, 1.54) is 12.8 Å². The molecule has 0 spiro atoms. The molecule has 3 aliphatic rings. The number of para-hydroxylation sites is 1. The molecule has 33 heavy (non-hydrogen) atoms. The summed E-state index contributed by atoms with van der Waals surface area (Å²) in [5, 5.41) is 0. The number of nitrogens with zero attached hydrogens (tertiary/aromatic N) is 4. The van der Waals surface area contributed by atoms with E-state index in [2.05, 4.69) is 4.90 Å². The van der Waals surface area contributed by atoms with Crippen LogP contribution in [0, 0.1) is 5.92 Å². The molecule has 4 rings (SSSR count). The van der Waals surface area contributed by atoms with Crippen molar-refractivity contribution in [2.24, 2.45) is 5.92 Å². The number of carbonyl (C=O) groups is 3. The first kappa shape index (κ1) is 23.5. The van der Waals surface area contributed by atoms with Crippen LogP contribution in [0.1, 0.15) is 43.0 Å². The van der Waals surface area contributed by atoms with Crippen LogP contribution in [-0.4, -0.2) is 103 Å². The Labute approximate surface area is 196 Å². The average Bonchev–Trinajstić information content (AvgIpc) is 3.38. The molecular formula is C25H36N4O4. The molecule has 2 heterocycles. The highest BCUT2D eigenvalue weighted by molar-refractivity contribution is 5.97. The van der Waals surface area contributed by atoms with Gasteiger partial charge in [0, 0.05) is 59.3 Å². The topological polar surface area (TPSA) is 73.4 Å². The molecule has 8 heteroatoms. The van der Waals surface area contributed by atoms with Crippen LogP contribution in [-0.2, 0) is 9.59 Å². The molecule has 0 unspecified atom stereocenters. The number of rotatable bonds is 5. The van der Waals surface area contributed by atoms with Gasteiger partial charge in [-0.25, -0.2) is 0 Å². The number of benzene rings is 1. The van der Waals surface area contributed by atoms with Gasteiger partial charge < -0.3 is 19.4 Å². The number of piperazine rings is 2. The van der Waals surface area contributed by atoms with Crippen LogP contribution in [0.5, 0.6) is 5.75 Å². The van der Waals surface area contributed by atoms with Crippen molar-refractivity contribution < 1.29 is 19.1 Å². The first-order valence-corrected chi connectivity index (χ1v) is 12.2. The summed E-state index contributed by atoms with van der Waals surface area (Å²) in [4.78, 5) is 46.4. The maximum absolute atomic E-state index is 13.7. The second-order valence-corrected chi connectivity index (χ2v) is 9.35. The lowest BCUT2D eigenvalue weighted by Gasteiger charge is -2.44. The fourth-order valence-corrected chi connectivity index (χ4v) is 5.55. The Bertz CT molecular complexity index is 854. The van der Waals surface area contributed by atoms with E-state index in [0.717, 1.165) is 12.8 Å². The number of amides is 3. The number of hydrogen-bond acceptors (Lipinski definition) is 5. The molecule has 1 aliphatic carbocycles. The van der Waals surface area contributed by atoms with Crippen LogP contribution in [0.25, 0.3) is 0 Å². The van der Waals surface area contributed by atoms with E-state index in [1.807, 2.05) is 32.9 Å². The standard InChI is InChI=1S/C25H36N4O4/c1-19(30)26-11-15-29(16-12-26)25(32)23(20-7-3-4-8-20)27-13-17-28(18-14-27)24(31)21-9-5-6-10-22(21)33-2/h5-6,9-10,20,23H,3-4,7-8,11-18H2,1-2H3/t23-/m1/s1. The maximum atomic E-state index is 13.7. The van der Waals surface area contributed by atoms with Crippen molar-refractivity contribution >= 4 is 17.7 Å². The Hall–Kier alpha value is -2.61. The Kier molecular flexibility index (Phi) is 7.53. The van der Waals surface area contributed by atoms with Gasteiger partial charge in [0.1, 0.15) is 5.75 Å². The van der Waals surface area contributed by atoms with E-state index in [1.54, 1.807) is 20.1 Å². The van der Waals surface area contributed by atoms with Crippen LogP contribution in [0.3, 0.4) is 0 Å². The van der Waals surface area contributed by atoms with Crippen LogP contribution in [0.4, 0.5) is 0 Å². The van der Waals surface area contributed by atoms with Gasteiger partial charge in [-0.2, -0.15) is 0 Å². The van der Waals surface area contributed by atoms with Crippen molar-refractivity contribution in [1.82, 2.24) is 19.6 Å². The highest BCUT2D eigenvalue weighted by atomic mass is 16.5. The molecule has 2 aliphatic heterocycles. The summed E-state index contributed by atoms with van der Waals surface area (Å²) >= 11 is 0. The first-order chi connectivity index (χ1) is 16.0. The lowest BCUT2D eigenvalue weighted by Crippen LogP contribution is -2.60. The van der Waals surface area contributed by atoms with Crippen molar-refractivity contribution in [1.29, 1.82) is 0 Å². The van der Waals surface area contributed by atoms with Gasteiger partial charge in [-0.15, -0.1) is 0 Å². The third kappa shape index (κ3) is 5.16. The summed E-state index contributed by atoms with van der Waals surface area (Å²) in [5.74, 6) is 1.23. The van der Waals surface area contributed by atoms with Gasteiger partial charge in [0.15, 0.2) is 0 Å². The van der Waals surface area contributed by atoms with Gasteiger partial charge >= 0.3 is 0 Å². The van der Waals surface area contributed by atoms with Crippen molar-refractivity contribution in [3.05, 3.63) is 29.8 Å². The van der Waals surface area contributed by atoms with E-state index < -0.39 is 0 Å². The number of carbonyl (C=O) groups excluding carboxylic acids is 3. The van der Waals surface area contributed by atoms with Gasteiger partial charge in [-0.1, -0.05) is 25.0 Å². The number of ether oxygens (including phenoxy) is 1. The van der Waals surface area contributed by atoms with Crippen LogP contribution < -0.4 is 4.74 Å². The minimum atomic E-state index is -0.125. The summed E-state index contributed by atoms with van der Waals surface area (Å²) in [6.45, 7) is 6.62. The Balaban J connectivity index is 1.41. The molecule has 180 valence electrons. The molecule has 0 aromatic heterocycles. The largest absolute Gasteiger partial charge is 0.496 e. The van der Waals surface area contributed by atoms with Crippen molar-refractivity contribution in [2.75, 3.05) is 59.5 Å². The monoisotopic (exact) mass is 456 g/mol. The SMILES string of the molecule is COc1ccccc1C(=O)N1CCN([C@@H](C(=O)N2CCN(C(C)=O)CC2)C2CCCC2)CC1. The van der Waals surface area contributed by atoms with E-state index in [9.17, 15) is 14.4 Å². The van der Waals surface area contributed by atoms with Gasteiger partial charge in [-0.05, 0) is 30.9 Å². The highest BCUT2D eigenvalue weighted by Gasteiger charge is 2.40. The van der Waals surface area contributed by atoms with Crippen LogP contribution in [0.2, 0.25) is 0 Å². The number of hydrogen-bond donors (Lipinski definition) is 0. The molecule has 3 amide bonds. The van der Waals surface area contributed by atoms with E-state index in [0.29, 0.717) is 69.6 Å². The molecule has 1 saturated carbocycles. The van der Waals surface area contributed by atoms with Gasteiger partial charge in [0.05, 0.1) is 18.7 Å². The summed E-state index contributed by atoms with van der Waals surface area (Å²) in [7, 11) is 1.58. The summed E-state index contributed by atoms with van der Waals surface area (Å²) < 4.78 is 5.37. The van der Waals surface area contributed by atoms with Gasteiger partial charge in [-0.3, -0.25) is 19.3 Å². The van der Waals surface area contributed by atoms with E-state index >= 15 is 0 Å². The second-order valence-electron chi connectivity index (χ2n) is 9.35. The Morgan fingerprint density at radius 2 is 1.42 bits per heavy atom. The maximum Gasteiger partial charge on any atom is 0.257 e. The zero-order valence-electron chi connectivity index (χ0n) is 19.9. The predicted octanol–water partition coefficient (Wildman–Crippen LogP) is 1.70. The Morgan fingerprint density at radius 1 is 0.848 bits per heavy atom. The molecule has 0 radical (unpaired) electrons. The third-order valence-corrected chi connectivity index (χ3v) is 7.47. The molecule has 0 N–H and O–H groups in total. The summed E-state index contributed by atoms with van der Waals surface area (Å²) in [6, 6.07) is 7.21. The highest BCUT2D eigenvalue weighted by Crippen LogP contribution is 2.32.